The molecule has 0 bridgehead atoms. The summed E-state index contributed by atoms with van der Waals surface area (Å²) in [6.45, 7) is 2.50. The summed E-state index contributed by atoms with van der Waals surface area (Å²) in [4.78, 5) is 33.1. The molecule has 1 unspecified atom stereocenters. The van der Waals surface area contributed by atoms with E-state index >= 15 is 0 Å². The molecule has 1 atom stereocenters. The molecular formula is C37H45F3N6O5. The van der Waals surface area contributed by atoms with Gasteiger partial charge in [-0.05, 0) is 68.6 Å². The van der Waals surface area contributed by atoms with Crippen LogP contribution in [0, 0.1) is 0 Å². The van der Waals surface area contributed by atoms with Crippen molar-refractivity contribution in [3.63, 3.8) is 0 Å². The number of hydrogen-bond acceptors (Lipinski definition) is 9. The van der Waals surface area contributed by atoms with Gasteiger partial charge in [-0.15, -0.1) is 0 Å². The SMILES string of the molecule is COc1cc(C(=O)N2CCC(CCN3CCC(N(CCOCC(F)(F)F)c4nc5ccccc5[nH]4)CC3)(c3ccccn3)C2)cc(OC)c1OC. The highest BCUT2D eigenvalue weighted by Gasteiger charge is 2.43. The van der Waals surface area contributed by atoms with Crippen LogP contribution in [0.2, 0.25) is 0 Å². The normalized spacial score (nSPS) is 18.7. The van der Waals surface area contributed by atoms with E-state index in [9.17, 15) is 18.0 Å². The van der Waals surface area contributed by atoms with E-state index in [2.05, 4.69) is 14.8 Å². The quantitative estimate of drug-likeness (QED) is 0.165. The lowest BCUT2D eigenvalue weighted by atomic mass is 9.79. The van der Waals surface area contributed by atoms with Crippen molar-refractivity contribution in [2.24, 2.45) is 0 Å². The van der Waals surface area contributed by atoms with Crippen molar-refractivity contribution in [3.05, 3.63) is 72.1 Å². The minimum absolute atomic E-state index is 0.0608. The van der Waals surface area contributed by atoms with Gasteiger partial charge in [-0.2, -0.15) is 13.2 Å². The summed E-state index contributed by atoms with van der Waals surface area (Å²) in [7, 11) is 4.58. The first-order valence-corrected chi connectivity index (χ1v) is 17.2. The third-order valence-corrected chi connectivity index (χ3v) is 10.1. The summed E-state index contributed by atoms with van der Waals surface area (Å²) >= 11 is 0. The number of para-hydroxylation sites is 2. The zero-order chi connectivity index (χ0) is 36.0. The fourth-order valence-corrected chi connectivity index (χ4v) is 7.36. The molecule has 2 aromatic heterocycles. The van der Waals surface area contributed by atoms with E-state index in [0.29, 0.717) is 48.4 Å². The molecule has 2 saturated heterocycles. The Morgan fingerprint density at radius 1 is 1.00 bits per heavy atom. The van der Waals surface area contributed by atoms with Crippen molar-refractivity contribution in [1.82, 2.24) is 24.8 Å². The number of rotatable bonds is 14. The minimum Gasteiger partial charge on any atom is -0.493 e. The number of methoxy groups -OCH3 is 3. The highest BCUT2D eigenvalue weighted by molar-refractivity contribution is 5.96. The van der Waals surface area contributed by atoms with Crippen molar-refractivity contribution >= 4 is 22.9 Å². The second-order valence-electron chi connectivity index (χ2n) is 13.1. The van der Waals surface area contributed by atoms with Crippen LogP contribution < -0.4 is 19.1 Å². The number of ether oxygens (including phenoxy) is 4. The minimum atomic E-state index is -4.37. The lowest BCUT2D eigenvalue weighted by Crippen LogP contribution is -2.47. The van der Waals surface area contributed by atoms with E-state index in [0.717, 1.165) is 62.0 Å². The lowest BCUT2D eigenvalue weighted by molar-refractivity contribution is -0.173. The van der Waals surface area contributed by atoms with Crippen molar-refractivity contribution in [2.45, 2.75) is 43.3 Å². The Morgan fingerprint density at radius 3 is 2.37 bits per heavy atom. The molecule has 51 heavy (non-hydrogen) atoms. The molecule has 2 aliphatic rings. The number of halogens is 3. The number of pyridine rings is 1. The van der Waals surface area contributed by atoms with Crippen LogP contribution in [0.4, 0.5) is 19.1 Å². The molecule has 2 aromatic carbocycles. The fourth-order valence-electron chi connectivity index (χ4n) is 7.36. The maximum Gasteiger partial charge on any atom is 0.411 e. The summed E-state index contributed by atoms with van der Waals surface area (Å²) in [6, 6.07) is 17.1. The van der Waals surface area contributed by atoms with Crippen LogP contribution in [0.5, 0.6) is 17.2 Å². The Kier molecular flexibility index (Phi) is 11.2. The van der Waals surface area contributed by atoms with Crippen LogP contribution in [0.1, 0.15) is 41.7 Å². The number of H-pyrrole nitrogens is 1. The number of fused-ring (bicyclic) bond motifs is 1. The third-order valence-electron chi connectivity index (χ3n) is 10.1. The number of aromatic nitrogens is 3. The van der Waals surface area contributed by atoms with Gasteiger partial charge in [-0.3, -0.25) is 9.78 Å². The standard InChI is InChI=1S/C37H45F3N6O5/c1-48-30-22-26(23-31(49-2)33(30)50-3)34(47)45-19-14-36(24-45,32-10-6-7-15-41-32)13-18-44-16-11-27(12-17-44)46(20-21-51-25-37(38,39)40)35-42-28-8-4-5-9-29(28)43-35/h4-10,15,22-23,27H,11-14,16-21,24-25H2,1-3H3,(H,42,43). The molecule has 1 N–H and O–H groups in total. The number of benzene rings is 2. The van der Waals surface area contributed by atoms with Crippen LogP contribution in [0.3, 0.4) is 0 Å². The second kappa shape index (κ2) is 15.8. The number of amides is 1. The van der Waals surface area contributed by atoms with E-state index in [1.807, 2.05) is 47.4 Å². The lowest BCUT2D eigenvalue weighted by Gasteiger charge is -2.39. The van der Waals surface area contributed by atoms with Crippen LogP contribution >= 0.6 is 0 Å². The van der Waals surface area contributed by atoms with Gasteiger partial charge in [0.25, 0.3) is 5.91 Å². The first-order valence-electron chi connectivity index (χ1n) is 17.2. The van der Waals surface area contributed by atoms with Crippen LogP contribution in [-0.2, 0) is 10.2 Å². The molecule has 0 spiro atoms. The van der Waals surface area contributed by atoms with E-state index in [1.54, 1.807) is 18.3 Å². The molecule has 274 valence electrons. The van der Waals surface area contributed by atoms with E-state index in [1.165, 1.54) is 21.3 Å². The van der Waals surface area contributed by atoms with Gasteiger partial charge in [0, 0.05) is 61.6 Å². The number of nitrogens with one attached hydrogen (secondary N) is 1. The summed E-state index contributed by atoms with van der Waals surface area (Å²) in [6.07, 6.45) is 0.651. The molecule has 1 amide bonds. The van der Waals surface area contributed by atoms with Gasteiger partial charge >= 0.3 is 6.18 Å². The Balaban J connectivity index is 1.12. The summed E-state index contributed by atoms with van der Waals surface area (Å²) in [5.41, 5.74) is 2.78. The third kappa shape index (κ3) is 8.33. The van der Waals surface area contributed by atoms with Gasteiger partial charge in [-0.25, -0.2) is 4.98 Å². The fraction of sp³-hybridized carbons (Fsp3) is 0.486. The summed E-state index contributed by atoms with van der Waals surface area (Å²) in [5.74, 6) is 1.80. The zero-order valence-electron chi connectivity index (χ0n) is 29.2. The molecule has 2 fully saturated rings. The van der Waals surface area contributed by atoms with E-state index in [4.69, 9.17) is 28.9 Å². The largest absolute Gasteiger partial charge is 0.493 e. The molecule has 6 rings (SSSR count). The van der Waals surface area contributed by atoms with Gasteiger partial charge < -0.3 is 38.6 Å². The first kappa shape index (κ1) is 36.2. The number of hydrogen-bond donors (Lipinski definition) is 1. The van der Waals surface area contributed by atoms with Gasteiger partial charge in [0.2, 0.25) is 11.7 Å². The van der Waals surface area contributed by atoms with Gasteiger partial charge in [0.05, 0.1) is 39.0 Å². The molecule has 0 aliphatic carbocycles. The molecule has 11 nitrogen and oxygen atoms in total. The molecule has 14 heteroatoms. The monoisotopic (exact) mass is 710 g/mol. The zero-order valence-corrected chi connectivity index (χ0v) is 29.2. The predicted octanol–water partition coefficient (Wildman–Crippen LogP) is 5.71. The number of carbonyl (C=O) groups excluding carboxylic acids is 1. The molecule has 4 aromatic rings. The maximum atomic E-state index is 13.9. The number of anilines is 1. The molecular weight excluding hydrogens is 665 g/mol. The van der Waals surface area contributed by atoms with E-state index < -0.39 is 12.8 Å². The van der Waals surface area contributed by atoms with Crippen molar-refractivity contribution < 1.29 is 36.9 Å². The van der Waals surface area contributed by atoms with Gasteiger partial charge in [0.15, 0.2) is 11.5 Å². The van der Waals surface area contributed by atoms with Crippen molar-refractivity contribution in [1.29, 1.82) is 0 Å². The number of alkyl halides is 3. The van der Waals surface area contributed by atoms with Crippen LogP contribution in [0.15, 0.2) is 60.8 Å². The Morgan fingerprint density at radius 2 is 1.73 bits per heavy atom. The summed E-state index contributed by atoms with van der Waals surface area (Å²) in [5, 5.41) is 0. The number of likely N-dealkylation sites (tertiary alicyclic amines) is 2. The molecule has 0 radical (unpaired) electrons. The highest BCUT2D eigenvalue weighted by atomic mass is 19.4. The average Bonchev–Trinajstić information content (AvgIpc) is 3.79. The van der Waals surface area contributed by atoms with Crippen LogP contribution in [0.25, 0.3) is 11.0 Å². The Bertz CT molecular complexity index is 1710. The Hall–Kier alpha value is -4.56. The summed E-state index contributed by atoms with van der Waals surface area (Å²) < 4.78 is 59.8. The number of imidazole rings is 1. The smallest absolute Gasteiger partial charge is 0.411 e. The van der Waals surface area contributed by atoms with Gasteiger partial charge in [0.1, 0.15) is 6.61 Å². The topological polar surface area (TPSA) is 105 Å². The number of nitrogens with zero attached hydrogens (tertiary/aromatic N) is 5. The predicted molar refractivity (Wildman–Crippen MR) is 187 cm³/mol. The molecule has 0 saturated carbocycles. The highest BCUT2D eigenvalue weighted by Crippen LogP contribution is 2.41. The van der Waals surface area contributed by atoms with Gasteiger partial charge in [-0.1, -0.05) is 18.2 Å². The number of piperidine rings is 1. The van der Waals surface area contributed by atoms with Crippen LogP contribution in [-0.4, -0.2) is 117 Å². The molecule has 2 aliphatic heterocycles. The molecule has 4 heterocycles. The van der Waals surface area contributed by atoms with E-state index in [-0.39, 0.29) is 24.0 Å². The first-order chi connectivity index (χ1) is 24.6. The number of aromatic amines is 1. The number of carbonyl (C=O) groups is 1. The Labute approximate surface area is 295 Å². The maximum absolute atomic E-state index is 13.9. The van der Waals surface area contributed by atoms with Crippen molar-refractivity contribution in [3.8, 4) is 17.2 Å². The van der Waals surface area contributed by atoms with Crippen molar-refractivity contribution in [2.75, 3.05) is 78.7 Å². The second-order valence-corrected chi connectivity index (χ2v) is 13.1. The average molecular weight is 711 g/mol.